The number of hydrogen-bond acceptors (Lipinski definition) is 4. The molecule has 1 unspecified atom stereocenters. The molecule has 0 bridgehead atoms. The molecule has 19 heavy (non-hydrogen) atoms. The van der Waals surface area contributed by atoms with E-state index in [2.05, 4.69) is 12.2 Å². The highest BCUT2D eigenvalue weighted by molar-refractivity contribution is 5.78. The van der Waals surface area contributed by atoms with E-state index in [0.717, 1.165) is 18.7 Å². The molecular weight excluding hydrogens is 244 g/mol. The van der Waals surface area contributed by atoms with Crippen LogP contribution in [0.2, 0.25) is 0 Å². The smallest absolute Gasteiger partial charge is 0.258 e. The minimum Gasteiger partial charge on any atom is -0.490 e. The monoisotopic (exact) mass is 266 g/mol. The van der Waals surface area contributed by atoms with Gasteiger partial charge in [-0.2, -0.15) is 0 Å². The fourth-order valence-corrected chi connectivity index (χ4v) is 1.55. The van der Waals surface area contributed by atoms with E-state index in [1.165, 1.54) is 0 Å². The summed E-state index contributed by atoms with van der Waals surface area (Å²) in [4.78, 5) is 11.0. The van der Waals surface area contributed by atoms with Crippen molar-refractivity contribution in [2.24, 2.45) is 5.73 Å². The Balaban J connectivity index is 2.87. The van der Waals surface area contributed by atoms with Gasteiger partial charge in [-0.3, -0.25) is 4.79 Å². The molecule has 1 amide bonds. The summed E-state index contributed by atoms with van der Waals surface area (Å²) in [5, 5.41) is 3.24. The summed E-state index contributed by atoms with van der Waals surface area (Å²) < 4.78 is 11.0. The van der Waals surface area contributed by atoms with Gasteiger partial charge in [-0.1, -0.05) is 13.0 Å². The lowest BCUT2D eigenvalue weighted by molar-refractivity contribution is -0.124. The van der Waals surface area contributed by atoms with Gasteiger partial charge in [-0.25, -0.2) is 0 Å². The molecule has 0 aromatic heterocycles. The second kappa shape index (κ2) is 7.63. The predicted octanol–water partition coefficient (Wildman–Crippen LogP) is 1.45. The maximum absolute atomic E-state index is 11.0. The number of carbonyl (C=O) groups excluding carboxylic acids is 1. The molecule has 0 radical (unpaired) electrons. The fraction of sp³-hybridized carbons (Fsp3) is 0.500. The Morgan fingerprint density at radius 1 is 1.37 bits per heavy atom. The van der Waals surface area contributed by atoms with Crippen molar-refractivity contribution in [3.05, 3.63) is 23.8 Å². The lowest BCUT2D eigenvalue weighted by Gasteiger charge is -2.16. The SMILES string of the molecule is CCNCc1ccc(OC(C)C(N)=O)c(OCC)c1. The third-order valence-corrected chi connectivity index (χ3v) is 2.59. The van der Waals surface area contributed by atoms with Gasteiger partial charge in [0.1, 0.15) is 0 Å². The summed E-state index contributed by atoms with van der Waals surface area (Å²) in [7, 11) is 0. The largest absolute Gasteiger partial charge is 0.490 e. The van der Waals surface area contributed by atoms with E-state index in [1.54, 1.807) is 13.0 Å². The number of amides is 1. The number of nitrogens with one attached hydrogen (secondary N) is 1. The first kappa shape index (κ1) is 15.3. The summed E-state index contributed by atoms with van der Waals surface area (Å²) in [6.07, 6.45) is -0.682. The Labute approximate surface area is 114 Å². The number of nitrogens with two attached hydrogens (primary N) is 1. The van der Waals surface area contributed by atoms with Gasteiger partial charge in [0.2, 0.25) is 0 Å². The number of primary amides is 1. The molecule has 0 aliphatic rings. The molecule has 0 fully saturated rings. The maximum Gasteiger partial charge on any atom is 0.258 e. The Kier molecular flexibility index (Phi) is 6.15. The van der Waals surface area contributed by atoms with Crippen molar-refractivity contribution in [1.82, 2.24) is 5.32 Å². The van der Waals surface area contributed by atoms with Crippen LogP contribution in [0.1, 0.15) is 26.3 Å². The molecule has 0 aliphatic heterocycles. The molecule has 0 saturated heterocycles. The third kappa shape index (κ3) is 4.79. The molecule has 0 spiro atoms. The van der Waals surface area contributed by atoms with Gasteiger partial charge < -0.3 is 20.5 Å². The van der Waals surface area contributed by atoms with E-state index in [-0.39, 0.29) is 0 Å². The van der Waals surface area contributed by atoms with Crippen molar-refractivity contribution in [3.63, 3.8) is 0 Å². The van der Waals surface area contributed by atoms with Crippen LogP contribution >= 0.6 is 0 Å². The molecule has 0 saturated carbocycles. The van der Waals surface area contributed by atoms with Gasteiger partial charge in [0, 0.05) is 6.54 Å². The van der Waals surface area contributed by atoms with Gasteiger partial charge in [0.15, 0.2) is 17.6 Å². The number of hydrogen-bond donors (Lipinski definition) is 2. The quantitative estimate of drug-likeness (QED) is 0.747. The van der Waals surface area contributed by atoms with Gasteiger partial charge in [-0.05, 0) is 38.1 Å². The van der Waals surface area contributed by atoms with Crippen molar-refractivity contribution in [3.8, 4) is 11.5 Å². The number of carbonyl (C=O) groups is 1. The minimum atomic E-state index is -0.682. The minimum absolute atomic E-state index is 0.501. The molecule has 5 nitrogen and oxygen atoms in total. The number of benzene rings is 1. The van der Waals surface area contributed by atoms with E-state index in [1.807, 2.05) is 19.1 Å². The zero-order chi connectivity index (χ0) is 14.3. The lowest BCUT2D eigenvalue weighted by atomic mass is 10.2. The van der Waals surface area contributed by atoms with Gasteiger partial charge in [-0.15, -0.1) is 0 Å². The van der Waals surface area contributed by atoms with Gasteiger partial charge in [0.25, 0.3) is 5.91 Å². The van der Waals surface area contributed by atoms with Crippen LogP contribution in [0.3, 0.4) is 0 Å². The van der Waals surface area contributed by atoms with Crippen LogP contribution in [0, 0.1) is 0 Å². The average molecular weight is 266 g/mol. The normalized spacial score (nSPS) is 11.9. The fourth-order valence-electron chi connectivity index (χ4n) is 1.55. The summed E-state index contributed by atoms with van der Waals surface area (Å²) >= 11 is 0. The van der Waals surface area contributed by atoms with Crippen molar-refractivity contribution in [2.45, 2.75) is 33.4 Å². The van der Waals surface area contributed by atoms with Gasteiger partial charge in [0.05, 0.1) is 6.61 Å². The second-order valence-corrected chi connectivity index (χ2v) is 4.16. The maximum atomic E-state index is 11.0. The lowest BCUT2D eigenvalue weighted by Crippen LogP contribution is -2.30. The van der Waals surface area contributed by atoms with Crippen molar-refractivity contribution < 1.29 is 14.3 Å². The topological polar surface area (TPSA) is 73.6 Å². The first-order valence-electron chi connectivity index (χ1n) is 6.50. The Hall–Kier alpha value is -1.75. The Bertz CT molecular complexity index is 421. The van der Waals surface area contributed by atoms with Crippen LogP contribution in [-0.2, 0) is 11.3 Å². The van der Waals surface area contributed by atoms with Crippen LogP contribution in [0.25, 0.3) is 0 Å². The molecule has 5 heteroatoms. The first-order valence-corrected chi connectivity index (χ1v) is 6.50. The molecule has 1 rings (SSSR count). The van der Waals surface area contributed by atoms with Crippen LogP contribution in [0.4, 0.5) is 0 Å². The second-order valence-electron chi connectivity index (χ2n) is 4.16. The number of rotatable bonds is 8. The highest BCUT2D eigenvalue weighted by Crippen LogP contribution is 2.29. The first-order chi connectivity index (χ1) is 9.08. The predicted molar refractivity (Wildman–Crippen MR) is 74.3 cm³/mol. The van der Waals surface area contributed by atoms with E-state index in [4.69, 9.17) is 15.2 Å². The van der Waals surface area contributed by atoms with Crippen molar-refractivity contribution in [1.29, 1.82) is 0 Å². The van der Waals surface area contributed by atoms with E-state index < -0.39 is 12.0 Å². The molecule has 1 aromatic rings. The molecule has 106 valence electrons. The zero-order valence-corrected chi connectivity index (χ0v) is 11.7. The molecule has 3 N–H and O–H groups in total. The summed E-state index contributed by atoms with van der Waals surface area (Å²) in [5.41, 5.74) is 6.29. The van der Waals surface area contributed by atoms with E-state index in [0.29, 0.717) is 18.1 Å². The summed E-state index contributed by atoms with van der Waals surface area (Å²) in [6, 6.07) is 5.65. The zero-order valence-electron chi connectivity index (χ0n) is 11.7. The third-order valence-electron chi connectivity index (χ3n) is 2.59. The Morgan fingerprint density at radius 2 is 2.11 bits per heavy atom. The number of ether oxygens (including phenoxy) is 2. The van der Waals surface area contributed by atoms with Crippen molar-refractivity contribution in [2.75, 3.05) is 13.2 Å². The molecule has 1 atom stereocenters. The van der Waals surface area contributed by atoms with Crippen LogP contribution in [-0.4, -0.2) is 25.2 Å². The molecule has 1 aromatic carbocycles. The molecular formula is C14H22N2O3. The highest BCUT2D eigenvalue weighted by atomic mass is 16.5. The van der Waals surface area contributed by atoms with E-state index in [9.17, 15) is 4.79 Å². The van der Waals surface area contributed by atoms with Crippen molar-refractivity contribution >= 4 is 5.91 Å². The Morgan fingerprint density at radius 3 is 2.68 bits per heavy atom. The van der Waals surface area contributed by atoms with Crippen LogP contribution in [0.15, 0.2) is 18.2 Å². The average Bonchev–Trinajstić information content (AvgIpc) is 2.39. The van der Waals surface area contributed by atoms with Crippen LogP contribution < -0.4 is 20.5 Å². The molecule has 0 aliphatic carbocycles. The van der Waals surface area contributed by atoms with Crippen LogP contribution in [0.5, 0.6) is 11.5 Å². The molecule has 0 heterocycles. The summed E-state index contributed by atoms with van der Waals surface area (Å²) in [5.74, 6) is 0.665. The standard InChI is InChI=1S/C14H22N2O3/c1-4-16-9-11-6-7-12(13(8-11)18-5-2)19-10(3)14(15)17/h6-8,10,16H,4-5,9H2,1-3H3,(H2,15,17). The van der Waals surface area contributed by atoms with E-state index >= 15 is 0 Å². The summed E-state index contributed by atoms with van der Waals surface area (Å²) in [6.45, 7) is 7.77. The highest BCUT2D eigenvalue weighted by Gasteiger charge is 2.14. The van der Waals surface area contributed by atoms with Gasteiger partial charge >= 0.3 is 0 Å².